The molecule has 0 N–H and O–H groups in total. The van der Waals surface area contributed by atoms with Crippen molar-refractivity contribution < 1.29 is 18.3 Å². The van der Waals surface area contributed by atoms with Gasteiger partial charge in [-0.15, -0.1) is 20.1 Å². The molecule has 6 heteroatoms. The Bertz CT molecular complexity index is 596. The smallest absolute Gasteiger partial charge is 0.395 e. The molecule has 0 unspecified atom stereocenters. The number of rotatable bonds is 2. The maximum atomic E-state index is 12.8. The molecule has 18 heavy (non-hydrogen) atoms. The Morgan fingerprint density at radius 3 is 2.78 bits per heavy atom. The van der Waals surface area contributed by atoms with Crippen LogP contribution >= 0.6 is 11.3 Å². The topological polar surface area (TPSA) is 31.4 Å². The zero-order chi connectivity index (χ0) is 12.6. The van der Waals surface area contributed by atoms with E-state index >= 15 is 0 Å². The van der Waals surface area contributed by atoms with E-state index in [0.29, 0.717) is 0 Å². The second-order valence-corrected chi connectivity index (χ2v) is 4.34. The van der Waals surface area contributed by atoms with Gasteiger partial charge < -0.3 is 9.47 Å². The van der Waals surface area contributed by atoms with Gasteiger partial charge in [0.05, 0.1) is 11.2 Å². The zero-order valence-corrected chi connectivity index (χ0v) is 9.79. The molecule has 1 aromatic carbocycles. The molecule has 0 spiro atoms. The van der Waals surface area contributed by atoms with Crippen molar-refractivity contribution >= 4 is 23.5 Å². The van der Waals surface area contributed by atoms with E-state index < -0.39 is 6.29 Å². The molecule has 1 aromatic heterocycles. The molecule has 0 saturated carbocycles. The summed E-state index contributed by atoms with van der Waals surface area (Å²) in [4.78, 5) is 4.08. The second-order valence-electron chi connectivity index (χ2n) is 3.62. The van der Waals surface area contributed by atoms with E-state index in [1.807, 2.05) is 5.38 Å². The van der Waals surface area contributed by atoms with Gasteiger partial charge in [-0.3, -0.25) is 0 Å². The number of ether oxygens (including phenoxy) is 2. The molecule has 92 valence electrons. The maximum absolute atomic E-state index is 12.8. The summed E-state index contributed by atoms with van der Waals surface area (Å²) in [6, 6.07) is 4.63. The van der Waals surface area contributed by atoms with Crippen LogP contribution in [0.25, 0.3) is 12.2 Å². The lowest BCUT2D eigenvalue weighted by atomic mass is 10.2. The van der Waals surface area contributed by atoms with Crippen molar-refractivity contribution in [2.24, 2.45) is 0 Å². The molecule has 2 aromatic rings. The number of aromatic nitrogens is 1. The summed E-state index contributed by atoms with van der Waals surface area (Å²) >= 11 is 1.49. The molecule has 0 saturated heterocycles. The Balaban J connectivity index is 1.84. The van der Waals surface area contributed by atoms with Gasteiger partial charge in [-0.2, -0.15) is 0 Å². The average Bonchev–Trinajstić information content (AvgIpc) is 2.90. The predicted molar refractivity (Wildman–Crippen MR) is 63.7 cm³/mol. The molecule has 1 aliphatic heterocycles. The van der Waals surface area contributed by atoms with Crippen LogP contribution in [0.2, 0.25) is 0 Å². The van der Waals surface area contributed by atoms with E-state index in [2.05, 4.69) is 14.5 Å². The Morgan fingerprint density at radius 2 is 2.00 bits per heavy atom. The van der Waals surface area contributed by atoms with Crippen LogP contribution in [0.15, 0.2) is 29.1 Å². The lowest BCUT2D eigenvalue weighted by Crippen LogP contribution is -2.25. The molecular weight excluding hydrogens is 260 g/mol. The number of halogens is 2. The van der Waals surface area contributed by atoms with Gasteiger partial charge in [-0.05, 0) is 23.8 Å². The zero-order valence-electron chi connectivity index (χ0n) is 8.97. The van der Waals surface area contributed by atoms with Crippen molar-refractivity contribution in [2.75, 3.05) is 0 Å². The summed E-state index contributed by atoms with van der Waals surface area (Å²) in [7, 11) is 0. The summed E-state index contributed by atoms with van der Waals surface area (Å²) < 4.78 is 34.3. The van der Waals surface area contributed by atoms with Gasteiger partial charge in [0.2, 0.25) is 0 Å². The highest BCUT2D eigenvalue weighted by atomic mass is 32.1. The summed E-state index contributed by atoms with van der Waals surface area (Å²) in [6.45, 7) is 0. The van der Waals surface area contributed by atoms with Crippen molar-refractivity contribution in [1.82, 2.24) is 4.98 Å². The van der Waals surface area contributed by atoms with Crippen molar-refractivity contribution in [3.8, 4) is 11.5 Å². The predicted octanol–water partition coefficient (Wildman–Crippen LogP) is 3.64. The lowest BCUT2D eigenvalue weighted by molar-refractivity contribution is -0.286. The Morgan fingerprint density at radius 1 is 1.17 bits per heavy atom. The summed E-state index contributed by atoms with van der Waals surface area (Å²) in [5.74, 6) is 0.0891. The first kappa shape index (κ1) is 11.2. The Hall–Kier alpha value is -1.95. The Labute approximate surface area is 105 Å². The molecule has 1 aliphatic rings. The minimum Gasteiger partial charge on any atom is -0.395 e. The molecule has 0 bridgehead atoms. The third-order valence-electron chi connectivity index (χ3n) is 2.32. The molecule has 3 nitrogen and oxygen atoms in total. The van der Waals surface area contributed by atoms with Crippen molar-refractivity contribution in [1.29, 1.82) is 0 Å². The van der Waals surface area contributed by atoms with Gasteiger partial charge in [0.15, 0.2) is 11.5 Å². The van der Waals surface area contributed by atoms with Crippen LogP contribution in [0.3, 0.4) is 0 Å². The fourth-order valence-corrected chi connectivity index (χ4v) is 2.08. The Kier molecular flexibility index (Phi) is 2.52. The highest BCUT2D eigenvalue weighted by Crippen LogP contribution is 2.41. The van der Waals surface area contributed by atoms with Crippen molar-refractivity contribution in [3.05, 3.63) is 40.3 Å². The molecule has 0 amide bonds. The fraction of sp³-hybridized carbons (Fsp3) is 0.0833. The van der Waals surface area contributed by atoms with Gasteiger partial charge in [-0.1, -0.05) is 12.1 Å². The number of hydrogen-bond donors (Lipinski definition) is 0. The van der Waals surface area contributed by atoms with E-state index in [0.717, 1.165) is 11.3 Å². The minimum atomic E-state index is -3.57. The monoisotopic (exact) mass is 267 g/mol. The van der Waals surface area contributed by atoms with Crippen LogP contribution in [0.5, 0.6) is 11.5 Å². The number of fused-ring (bicyclic) bond motifs is 1. The van der Waals surface area contributed by atoms with Gasteiger partial charge in [0.25, 0.3) is 0 Å². The second kappa shape index (κ2) is 4.06. The first-order chi connectivity index (χ1) is 8.62. The molecular formula is C12H7F2NO2S. The third kappa shape index (κ3) is 2.19. The average molecular weight is 267 g/mol. The van der Waals surface area contributed by atoms with Crippen molar-refractivity contribution in [3.63, 3.8) is 0 Å². The molecule has 0 aliphatic carbocycles. The first-order valence-electron chi connectivity index (χ1n) is 5.09. The maximum Gasteiger partial charge on any atom is 0.586 e. The number of nitrogens with zero attached hydrogens (tertiary/aromatic N) is 1. The number of thiazole rings is 1. The van der Waals surface area contributed by atoms with Crippen LogP contribution in [0, 0.1) is 0 Å². The highest BCUT2D eigenvalue weighted by Gasteiger charge is 2.43. The summed E-state index contributed by atoms with van der Waals surface area (Å²) in [5, 5.41) is 1.89. The molecule has 0 atom stereocenters. The van der Waals surface area contributed by atoms with Crippen LogP contribution in [-0.4, -0.2) is 11.3 Å². The summed E-state index contributed by atoms with van der Waals surface area (Å²) in [5.41, 5.74) is 3.28. The number of benzene rings is 1. The lowest BCUT2D eigenvalue weighted by Gasteiger charge is -2.04. The highest BCUT2D eigenvalue weighted by molar-refractivity contribution is 7.07. The van der Waals surface area contributed by atoms with E-state index in [1.54, 1.807) is 23.7 Å². The largest absolute Gasteiger partial charge is 0.586 e. The third-order valence-corrected chi connectivity index (χ3v) is 2.93. The molecule has 0 radical (unpaired) electrons. The summed E-state index contributed by atoms with van der Waals surface area (Å²) in [6.07, 6.45) is 0.000911. The van der Waals surface area contributed by atoms with E-state index in [-0.39, 0.29) is 11.5 Å². The van der Waals surface area contributed by atoms with Gasteiger partial charge in [0, 0.05) is 5.38 Å². The van der Waals surface area contributed by atoms with E-state index in [4.69, 9.17) is 0 Å². The fourth-order valence-electron chi connectivity index (χ4n) is 1.56. The van der Waals surface area contributed by atoms with Crippen LogP contribution in [-0.2, 0) is 0 Å². The quantitative estimate of drug-likeness (QED) is 0.832. The standard InChI is InChI=1S/C12H7F2NO2S/c13-12(14)16-10-4-2-8(5-11(10)17-12)1-3-9-6-18-7-15-9/h1-7H. The van der Waals surface area contributed by atoms with Crippen molar-refractivity contribution in [2.45, 2.75) is 6.29 Å². The van der Waals surface area contributed by atoms with E-state index in [1.165, 1.54) is 23.5 Å². The first-order valence-corrected chi connectivity index (χ1v) is 6.03. The van der Waals surface area contributed by atoms with E-state index in [9.17, 15) is 8.78 Å². The van der Waals surface area contributed by atoms with Gasteiger partial charge >= 0.3 is 6.29 Å². The minimum absolute atomic E-state index is 0.0421. The molecule has 2 heterocycles. The van der Waals surface area contributed by atoms with Gasteiger partial charge in [-0.25, -0.2) is 4.98 Å². The van der Waals surface area contributed by atoms with Crippen LogP contribution in [0.1, 0.15) is 11.3 Å². The number of alkyl halides is 2. The SMILES string of the molecule is FC1(F)Oc2ccc(C=Cc3cscn3)cc2O1. The van der Waals surface area contributed by atoms with Crippen LogP contribution < -0.4 is 9.47 Å². The van der Waals surface area contributed by atoms with Gasteiger partial charge in [0.1, 0.15) is 0 Å². The molecule has 3 rings (SSSR count). The van der Waals surface area contributed by atoms with Crippen LogP contribution in [0.4, 0.5) is 8.78 Å². The molecule has 0 fully saturated rings. The number of hydrogen-bond acceptors (Lipinski definition) is 4. The normalized spacial score (nSPS) is 16.3.